The molecular weight excluding hydrogens is 370 g/mol. The third-order valence-corrected chi connectivity index (χ3v) is 5.18. The van der Waals surface area contributed by atoms with Gasteiger partial charge in [0, 0.05) is 18.7 Å². The number of ether oxygens (including phenoxy) is 1. The van der Waals surface area contributed by atoms with Gasteiger partial charge in [-0.3, -0.25) is 19.3 Å². The van der Waals surface area contributed by atoms with Gasteiger partial charge in [-0.25, -0.2) is 0 Å². The van der Waals surface area contributed by atoms with Crippen molar-refractivity contribution in [2.45, 2.75) is 25.5 Å². The van der Waals surface area contributed by atoms with Crippen LogP contribution in [0.3, 0.4) is 0 Å². The van der Waals surface area contributed by atoms with E-state index >= 15 is 0 Å². The topological polar surface area (TPSA) is 99.5 Å². The molecule has 29 heavy (non-hydrogen) atoms. The molecule has 1 N–H and O–H groups in total. The van der Waals surface area contributed by atoms with Crippen molar-refractivity contribution in [2.75, 3.05) is 13.2 Å². The van der Waals surface area contributed by atoms with Crippen molar-refractivity contribution in [1.82, 2.24) is 10.2 Å². The van der Waals surface area contributed by atoms with Crippen molar-refractivity contribution in [3.8, 4) is 6.07 Å². The van der Waals surface area contributed by atoms with Crippen LogP contribution in [0.25, 0.3) is 0 Å². The minimum Gasteiger partial charge on any atom is -0.376 e. The van der Waals surface area contributed by atoms with Crippen molar-refractivity contribution in [1.29, 1.82) is 5.26 Å². The lowest BCUT2D eigenvalue weighted by atomic mass is 10.1. The Morgan fingerprint density at radius 3 is 2.59 bits per heavy atom. The summed E-state index contributed by atoms with van der Waals surface area (Å²) in [5.74, 6) is -1.07. The fourth-order valence-corrected chi connectivity index (χ4v) is 3.57. The Bertz CT molecular complexity index is 1020. The molecular formula is C22H19N3O4. The summed E-state index contributed by atoms with van der Waals surface area (Å²) in [6, 6.07) is 13.5. The molecule has 0 bridgehead atoms. The number of hydrogen-bond acceptors (Lipinski definition) is 5. The SMILES string of the molecule is N#Cc1ccc(CNC(=O)c2ccc3c(c2)C(=O)N(CC2CCCO2)C3=O)cc1. The van der Waals surface area contributed by atoms with E-state index in [1.54, 1.807) is 30.3 Å². The van der Waals surface area contributed by atoms with Crippen LogP contribution in [0.1, 0.15) is 55.0 Å². The lowest BCUT2D eigenvalue weighted by Crippen LogP contribution is -2.36. The molecule has 4 rings (SSSR count). The van der Waals surface area contributed by atoms with E-state index in [9.17, 15) is 14.4 Å². The van der Waals surface area contributed by atoms with Crippen LogP contribution in [0.4, 0.5) is 0 Å². The van der Waals surface area contributed by atoms with Gasteiger partial charge in [-0.1, -0.05) is 12.1 Å². The molecule has 2 aromatic carbocycles. The third-order valence-electron chi connectivity index (χ3n) is 5.18. The molecule has 2 aliphatic rings. The van der Waals surface area contributed by atoms with Gasteiger partial charge >= 0.3 is 0 Å². The number of fused-ring (bicyclic) bond motifs is 1. The molecule has 7 nitrogen and oxygen atoms in total. The second-order valence-electron chi connectivity index (χ2n) is 7.11. The molecule has 1 saturated heterocycles. The van der Waals surface area contributed by atoms with Gasteiger partial charge in [0.05, 0.1) is 35.4 Å². The largest absolute Gasteiger partial charge is 0.376 e. The van der Waals surface area contributed by atoms with Crippen molar-refractivity contribution in [3.63, 3.8) is 0 Å². The highest BCUT2D eigenvalue weighted by atomic mass is 16.5. The van der Waals surface area contributed by atoms with Gasteiger partial charge in [-0.15, -0.1) is 0 Å². The Kier molecular flexibility index (Phi) is 5.10. The number of imide groups is 1. The molecule has 0 radical (unpaired) electrons. The predicted molar refractivity (Wildman–Crippen MR) is 103 cm³/mol. The first kappa shape index (κ1) is 18.8. The minimum absolute atomic E-state index is 0.118. The number of carbonyl (C=O) groups excluding carboxylic acids is 3. The molecule has 1 fully saturated rings. The standard InChI is InChI=1S/C22H19N3O4/c23-11-14-3-5-15(6-4-14)12-24-20(26)16-7-8-18-19(10-16)22(28)25(21(18)27)13-17-2-1-9-29-17/h3-8,10,17H,1-2,9,12-13H2,(H,24,26). The molecule has 146 valence electrons. The summed E-state index contributed by atoms with van der Waals surface area (Å²) in [6.45, 7) is 1.18. The third kappa shape index (κ3) is 3.75. The van der Waals surface area contributed by atoms with E-state index in [-0.39, 0.29) is 35.9 Å². The van der Waals surface area contributed by atoms with E-state index in [4.69, 9.17) is 10.00 Å². The highest BCUT2D eigenvalue weighted by Crippen LogP contribution is 2.26. The van der Waals surface area contributed by atoms with Crippen molar-refractivity contribution in [2.24, 2.45) is 0 Å². The maximum absolute atomic E-state index is 12.7. The Balaban J connectivity index is 1.45. The molecule has 2 aromatic rings. The van der Waals surface area contributed by atoms with Crippen LogP contribution in [0.15, 0.2) is 42.5 Å². The lowest BCUT2D eigenvalue weighted by molar-refractivity contribution is 0.0475. The van der Waals surface area contributed by atoms with Gasteiger partial charge in [0.1, 0.15) is 0 Å². The van der Waals surface area contributed by atoms with Gasteiger partial charge in [0.15, 0.2) is 0 Å². The zero-order chi connectivity index (χ0) is 20.4. The van der Waals surface area contributed by atoms with Gasteiger partial charge in [0.25, 0.3) is 17.7 Å². The predicted octanol–water partition coefficient (Wildman–Crippen LogP) is 2.26. The Hall–Kier alpha value is -3.50. The van der Waals surface area contributed by atoms with E-state index in [0.29, 0.717) is 29.8 Å². The van der Waals surface area contributed by atoms with E-state index in [2.05, 4.69) is 5.32 Å². The summed E-state index contributed by atoms with van der Waals surface area (Å²) in [5, 5.41) is 11.6. The number of carbonyl (C=O) groups is 3. The molecule has 1 unspecified atom stereocenters. The first-order valence-electron chi connectivity index (χ1n) is 9.46. The summed E-state index contributed by atoms with van der Waals surface area (Å²) in [4.78, 5) is 39.0. The summed E-state index contributed by atoms with van der Waals surface area (Å²) in [7, 11) is 0. The lowest BCUT2D eigenvalue weighted by Gasteiger charge is -2.17. The molecule has 7 heteroatoms. The summed E-state index contributed by atoms with van der Waals surface area (Å²) in [5.41, 5.74) is 2.29. The van der Waals surface area contributed by atoms with Crippen LogP contribution < -0.4 is 5.32 Å². The number of hydrogen-bond donors (Lipinski definition) is 1. The van der Waals surface area contributed by atoms with E-state index in [1.165, 1.54) is 17.0 Å². The molecule has 0 aromatic heterocycles. The summed E-state index contributed by atoms with van der Waals surface area (Å²) >= 11 is 0. The van der Waals surface area contributed by atoms with Crippen molar-refractivity contribution >= 4 is 17.7 Å². The first-order valence-corrected chi connectivity index (χ1v) is 9.46. The molecule has 0 spiro atoms. The van der Waals surface area contributed by atoms with Crippen molar-refractivity contribution in [3.05, 3.63) is 70.3 Å². The number of nitrogens with one attached hydrogen (secondary N) is 1. The summed E-state index contributed by atoms with van der Waals surface area (Å²) in [6.07, 6.45) is 1.64. The molecule has 0 saturated carbocycles. The molecule has 2 aliphatic heterocycles. The van der Waals surface area contributed by atoms with Crippen LogP contribution in [-0.2, 0) is 11.3 Å². The smallest absolute Gasteiger partial charge is 0.261 e. The first-order chi connectivity index (χ1) is 14.1. The van der Waals surface area contributed by atoms with Gasteiger partial charge in [0.2, 0.25) is 0 Å². The maximum atomic E-state index is 12.7. The number of nitrogens with zero attached hydrogens (tertiary/aromatic N) is 2. The molecule has 2 heterocycles. The normalized spacial score (nSPS) is 17.9. The maximum Gasteiger partial charge on any atom is 0.261 e. The monoisotopic (exact) mass is 389 g/mol. The van der Waals surface area contributed by atoms with Crippen LogP contribution in [0, 0.1) is 11.3 Å². The molecule has 3 amide bonds. The number of rotatable bonds is 5. The number of amides is 3. The highest BCUT2D eigenvalue weighted by Gasteiger charge is 2.37. The number of nitriles is 1. The van der Waals surface area contributed by atoms with Crippen LogP contribution in [0.5, 0.6) is 0 Å². The van der Waals surface area contributed by atoms with Gasteiger partial charge in [-0.2, -0.15) is 5.26 Å². The van der Waals surface area contributed by atoms with Crippen LogP contribution in [-0.4, -0.2) is 41.9 Å². The Morgan fingerprint density at radius 2 is 1.90 bits per heavy atom. The average Bonchev–Trinajstić information content (AvgIpc) is 3.35. The minimum atomic E-state index is -0.387. The Labute approximate surface area is 167 Å². The average molecular weight is 389 g/mol. The fraction of sp³-hybridized carbons (Fsp3) is 0.273. The summed E-state index contributed by atoms with van der Waals surface area (Å²) < 4.78 is 5.53. The Morgan fingerprint density at radius 1 is 1.14 bits per heavy atom. The van der Waals surface area contributed by atoms with Gasteiger partial charge < -0.3 is 10.1 Å². The van der Waals surface area contributed by atoms with Crippen LogP contribution in [0.2, 0.25) is 0 Å². The second kappa shape index (κ2) is 7.86. The zero-order valence-electron chi connectivity index (χ0n) is 15.7. The van der Waals surface area contributed by atoms with E-state index in [1.807, 2.05) is 6.07 Å². The quantitative estimate of drug-likeness (QED) is 0.791. The van der Waals surface area contributed by atoms with Crippen molar-refractivity contribution < 1.29 is 19.1 Å². The number of benzene rings is 2. The second-order valence-corrected chi connectivity index (χ2v) is 7.11. The zero-order valence-corrected chi connectivity index (χ0v) is 15.7. The molecule has 1 atom stereocenters. The highest BCUT2D eigenvalue weighted by molar-refractivity contribution is 6.22. The van der Waals surface area contributed by atoms with E-state index in [0.717, 1.165) is 18.4 Å². The molecule has 0 aliphatic carbocycles. The van der Waals surface area contributed by atoms with Crippen LogP contribution >= 0.6 is 0 Å². The van der Waals surface area contributed by atoms with E-state index < -0.39 is 0 Å². The fourth-order valence-electron chi connectivity index (χ4n) is 3.57. The van der Waals surface area contributed by atoms with Gasteiger partial charge in [-0.05, 0) is 48.7 Å².